The Labute approximate surface area is 157 Å². The fourth-order valence-corrected chi connectivity index (χ4v) is 2.49. The van der Waals surface area contributed by atoms with Crippen LogP contribution in [0.25, 0.3) is 5.65 Å². The lowest BCUT2D eigenvalue weighted by Gasteiger charge is -2.15. The van der Waals surface area contributed by atoms with Crippen LogP contribution in [0.1, 0.15) is 19.4 Å². The van der Waals surface area contributed by atoms with E-state index in [9.17, 15) is 9.59 Å². The number of carbonyl (C=O) groups excluding carboxylic acids is 1. The molecule has 2 heterocycles. The van der Waals surface area contributed by atoms with Crippen molar-refractivity contribution in [2.24, 2.45) is 11.7 Å². The molecule has 0 fully saturated rings. The zero-order valence-electron chi connectivity index (χ0n) is 14.6. The molecule has 0 radical (unpaired) electrons. The van der Waals surface area contributed by atoms with Crippen molar-refractivity contribution >= 4 is 29.6 Å². The Kier molecular flexibility index (Phi) is 6.18. The van der Waals surface area contributed by atoms with Gasteiger partial charge in [-0.15, -0.1) is 17.5 Å². The number of amides is 1. The SMILES string of the molecule is CC(N)C(C)C(=O)Nc1cccc(Cn2nc3ccccn3c2=O)c1.Cl. The molecule has 3 aromatic rings. The summed E-state index contributed by atoms with van der Waals surface area (Å²) in [6.07, 6.45) is 1.69. The topological polar surface area (TPSA) is 94.4 Å². The van der Waals surface area contributed by atoms with Gasteiger partial charge in [0.1, 0.15) is 0 Å². The number of carbonyl (C=O) groups is 1. The molecule has 3 N–H and O–H groups in total. The van der Waals surface area contributed by atoms with Gasteiger partial charge in [-0.2, -0.15) is 0 Å². The minimum Gasteiger partial charge on any atom is -0.327 e. The molecule has 1 amide bonds. The van der Waals surface area contributed by atoms with Gasteiger partial charge in [0.05, 0.1) is 12.5 Å². The molecule has 2 atom stereocenters. The van der Waals surface area contributed by atoms with Crippen LogP contribution in [0.15, 0.2) is 53.5 Å². The number of benzene rings is 1. The predicted octanol–water partition coefficient (Wildman–Crippen LogP) is 1.89. The molecular formula is C18H22ClN5O2. The van der Waals surface area contributed by atoms with Gasteiger partial charge >= 0.3 is 5.69 Å². The summed E-state index contributed by atoms with van der Waals surface area (Å²) in [5.74, 6) is -0.415. The lowest BCUT2D eigenvalue weighted by molar-refractivity contribution is -0.119. The number of nitrogens with two attached hydrogens (primary N) is 1. The average Bonchev–Trinajstić information content (AvgIpc) is 2.90. The summed E-state index contributed by atoms with van der Waals surface area (Å²) in [6.45, 7) is 3.92. The highest BCUT2D eigenvalue weighted by atomic mass is 35.5. The van der Waals surface area contributed by atoms with Gasteiger partial charge in [-0.05, 0) is 36.8 Å². The minimum atomic E-state index is -0.287. The number of rotatable bonds is 5. The second-order valence-corrected chi connectivity index (χ2v) is 6.21. The van der Waals surface area contributed by atoms with Crippen molar-refractivity contribution in [1.82, 2.24) is 14.2 Å². The first-order valence-electron chi connectivity index (χ1n) is 8.15. The molecule has 2 aromatic heterocycles. The van der Waals surface area contributed by atoms with Crippen LogP contribution in [0.3, 0.4) is 0 Å². The molecule has 0 spiro atoms. The smallest absolute Gasteiger partial charge is 0.327 e. The molecule has 0 aliphatic heterocycles. The third-order valence-electron chi connectivity index (χ3n) is 4.22. The molecule has 0 saturated carbocycles. The van der Waals surface area contributed by atoms with Gasteiger partial charge in [-0.25, -0.2) is 9.48 Å². The van der Waals surface area contributed by atoms with Gasteiger partial charge < -0.3 is 11.1 Å². The molecule has 0 saturated heterocycles. The van der Waals surface area contributed by atoms with Crippen LogP contribution >= 0.6 is 12.4 Å². The number of pyridine rings is 1. The van der Waals surface area contributed by atoms with E-state index < -0.39 is 0 Å². The molecule has 0 aliphatic rings. The normalized spacial score (nSPS) is 13.0. The Hall–Kier alpha value is -2.64. The van der Waals surface area contributed by atoms with E-state index in [1.165, 1.54) is 9.08 Å². The molecule has 2 unspecified atom stereocenters. The van der Waals surface area contributed by atoms with Crippen LogP contribution in [0, 0.1) is 5.92 Å². The fraction of sp³-hybridized carbons (Fsp3) is 0.278. The van der Waals surface area contributed by atoms with Crippen molar-refractivity contribution in [2.45, 2.75) is 26.4 Å². The number of halogens is 1. The Morgan fingerprint density at radius 1 is 1.23 bits per heavy atom. The fourth-order valence-electron chi connectivity index (χ4n) is 2.49. The second kappa shape index (κ2) is 8.16. The summed E-state index contributed by atoms with van der Waals surface area (Å²) in [6, 6.07) is 12.6. The predicted molar refractivity (Wildman–Crippen MR) is 104 cm³/mol. The van der Waals surface area contributed by atoms with Gasteiger partial charge in [0, 0.05) is 17.9 Å². The molecule has 3 rings (SSSR count). The first-order valence-corrected chi connectivity index (χ1v) is 8.15. The largest absolute Gasteiger partial charge is 0.350 e. The summed E-state index contributed by atoms with van der Waals surface area (Å²) >= 11 is 0. The van der Waals surface area contributed by atoms with Gasteiger partial charge in [-0.3, -0.25) is 9.20 Å². The van der Waals surface area contributed by atoms with Gasteiger partial charge in [0.25, 0.3) is 0 Å². The Balaban J connectivity index is 0.00000243. The standard InChI is InChI=1S/C18H21N5O2.ClH/c1-12(13(2)19)17(24)20-15-7-5-6-14(10-15)11-23-18(25)22-9-4-3-8-16(22)21-23;/h3-10,12-13H,11,19H2,1-2H3,(H,20,24);1H. The van der Waals surface area contributed by atoms with E-state index in [2.05, 4.69) is 10.4 Å². The van der Waals surface area contributed by atoms with E-state index in [-0.39, 0.29) is 36.0 Å². The average molecular weight is 376 g/mol. The second-order valence-electron chi connectivity index (χ2n) is 6.21. The summed E-state index contributed by atoms with van der Waals surface area (Å²) in [7, 11) is 0. The zero-order chi connectivity index (χ0) is 18.0. The number of fused-ring (bicyclic) bond motifs is 1. The van der Waals surface area contributed by atoms with Crippen molar-refractivity contribution in [2.75, 3.05) is 5.32 Å². The van der Waals surface area contributed by atoms with Crippen molar-refractivity contribution in [1.29, 1.82) is 0 Å². The van der Waals surface area contributed by atoms with Crippen molar-refractivity contribution in [3.63, 3.8) is 0 Å². The zero-order valence-corrected chi connectivity index (χ0v) is 15.4. The summed E-state index contributed by atoms with van der Waals surface area (Å²) < 4.78 is 2.90. The summed E-state index contributed by atoms with van der Waals surface area (Å²) in [4.78, 5) is 24.5. The van der Waals surface area contributed by atoms with Crippen molar-refractivity contribution in [3.8, 4) is 0 Å². The third-order valence-corrected chi connectivity index (χ3v) is 4.22. The highest BCUT2D eigenvalue weighted by Crippen LogP contribution is 2.13. The van der Waals surface area contributed by atoms with E-state index in [0.717, 1.165) is 5.56 Å². The van der Waals surface area contributed by atoms with Crippen LogP contribution in [0.5, 0.6) is 0 Å². The van der Waals surface area contributed by atoms with Gasteiger partial charge in [0.2, 0.25) is 5.91 Å². The maximum Gasteiger partial charge on any atom is 0.350 e. The molecule has 8 heteroatoms. The van der Waals surface area contributed by atoms with E-state index in [0.29, 0.717) is 17.9 Å². The van der Waals surface area contributed by atoms with E-state index in [1.807, 2.05) is 30.3 Å². The van der Waals surface area contributed by atoms with Gasteiger partial charge in [0.15, 0.2) is 5.65 Å². The van der Waals surface area contributed by atoms with E-state index >= 15 is 0 Å². The number of hydrogen-bond donors (Lipinski definition) is 2. The molecule has 1 aromatic carbocycles. The summed E-state index contributed by atoms with van der Waals surface area (Å²) in [5, 5.41) is 7.17. The maximum atomic E-state index is 12.3. The molecule has 26 heavy (non-hydrogen) atoms. The Morgan fingerprint density at radius 3 is 2.69 bits per heavy atom. The lowest BCUT2D eigenvalue weighted by Crippen LogP contribution is -2.34. The van der Waals surface area contributed by atoms with Crippen molar-refractivity contribution in [3.05, 3.63) is 64.7 Å². The first kappa shape index (κ1) is 19.7. The lowest BCUT2D eigenvalue weighted by atomic mass is 10.0. The van der Waals surface area contributed by atoms with E-state index in [4.69, 9.17) is 5.73 Å². The van der Waals surface area contributed by atoms with Crippen molar-refractivity contribution < 1.29 is 4.79 Å². The van der Waals surface area contributed by atoms with Crippen LogP contribution < -0.4 is 16.7 Å². The minimum absolute atomic E-state index is 0. The number of nitrogens with zero attached hydrogens (tertiary/aromatic N) is 3. The quantitative estimate of drug-likeness (QED) is 0.712. The third kappa shape index (κ3) is 4.12. The van der Waals surface area contributed by atoms with Crippen LogP contribution in [0.2, 0.25) is 0 Å². The highest BCUT2D eigenvalue weighted by molar-refractivity contribution is 5.92. The van der Waals surface area contributed by atoms with E-state index in [1.54, 1.807) is 32.2 Å². The molecular weight excluding hydrogens is 354 g/mol. The van der Waals surface area contributed by atoms with Crippen LogP contribution in [-0.4, -0.2) is 26.1 Å². The highest BCUT2D eigenvalue weighted by Gasteiger charge is 2.17. The number of aromatic nitrogens is 3. The number of hydrogen-bond acceptors (Lipinski definition) is 4. The van der Waals surface area contributed by atoms with Crippen LogP contribution in [-0.2, 0) is 11.3 Å². The molecule has 7 nitrogen and oxygen atoms in total. The first-order chi connectivity index (χ1) is 12.0. The molecule has 138 valence electrons. The van der Waals surface area contributed by atoms with Gasteiger partial charge in [-0.1, -0.05) is 25.1 Å². The Bertz CT molecular complexity index is 963. The Morgan fingerprint density at radius 2 is 2.00 bits per heavy atom. The molecule has 0 bridgehead atoms. The molecule has 0 aliphatic carbocycles. The maximum absolute atomic E-state index is 12.3. The monoisotopic (exact) mass is 375 g/mol. The summed E-state index contributed by atoms with van der Waals surface area (Å²) in [5.41, 5.74) is 7.71. The van der Waals surface area contributed by atoms with Crippen LogP contribution in [0.4, 0.5) is 5.69 Å². The number of nitrogens with one attached hydrogen (secondary N) is 1. The number of anilines is 1.